The molecule has 1 aromatic rings. The molecule has 0 bridgehead atoms. The van der Waals surface area contributed by atoms with E-state index < -0.39 is 0 Å². The molecule has 1 heterocycles. The third kappa shape index (κ3) is 3.41. The minimum absolute atomic E-state index is 0.0991. The largest absolute Gasteiger partial charge is 0.384 e. The fourth-order valence-electron chi connectivity index (χ4n) is 2.19. The number of halogens is 1. The maximum absolute atomic E-state index is 14.1. The summed E-state index contributed by atoms with van der Waals surface area (Å²) < 4.78 is 14.4. The van der Waals surface area contributed by atoms with Gasteiger partial charge in [0.2, 0.25) is 0 Å². The quantitative estimate of drug-likeness (QED) is 0.647. The van der Waals surface area contributed by atoms with Crippen molar-refractivity contribution in [3.05, 3.63) is 29.6 Å². The van der Waals surface area contributed by atoms with Crippen LogP contribution in [0.15, 0.2) is 18.2 Å². The summed E-state index contributed by atoms with van der Waals surface area (Å²) in [5, 5.41) is 7.33. The Balaban J connectivity index is 2.20. The number of thioether (sulfide) groups is 1. The third-order valence-corrected chi connectivity index (χ3v) is 4.81. The first kappa shape index (κ1) is 14.2. The number of rotatable bonds is 2. The minimum atomic E-state index is -0.294. The molecule has 1 fully saturated rings. The lowest BCUT2D eigenvalue weighted by atomic mass is 10.1. The molecule has 0 spiro atoms. The normalized spacial score (nSPS) is 19.0. The second kappa shape index (κ2) is 5.41. The van der Waals surface area contributed by atoms with Gasteiger partial charge < -0.3 is 10.6 Å². The molecule has 1 aromatic carbocycles. The molecule has 1 saturated heterocycles. The molecular weight excluding hydrogens is 261 g/mol. The van der Waals surface area contributed by atoms with E-state index in [9.17, 15) is 4.39 Å². The molecule has 2 rings (SSSR count). The molecule has 19 heavy (non-hydrogen) atoms. The van der Waals surface area contributed by atoms with Crippen LogP contribution in [0.2, 0.25) is 0 Å². The molecule has 0 saturated carbocycles. The maximum Gasteiger partial charge on any atom is 0.147 e. The Kier molecular flexibility index (Phi) is 4.04. The maximum atomic E-state index is 14.1. The van der Waals surface area contributed by atoms with Gasteiger partial charge in [-0.1, -0.05) is 13.8 Å². The van der Waals surface area contributed by atoms with Gasteiger partial charge in [-0.05, 0) is 24.6 Å². The molecule has 3 N–H and O–H groups in total. The van der Waals surface area contributed by atoms with Gasteiger partial charge in [-0.15, -0.1) is 0 Å². The zero-order valence-electron chi connectivity index (χ0n) is 11.4. The number of benzene rings is 1. The van der Waals surface area contributed by atoms with Crippen LogP contribution in [0, 0.1) is 11.2 Å². The van der Waals surface area contributed by atoms with Gasteiger partial charge in [-0.2, -0.15) is 11.8 Å². The van der Waals surface area contributed by atoms with Crippen molar-refractivity contribution in [1.82, 2.24) is 0 Å². The minimum Gasteiger partial charge on any atom is -0.384 e. The monoisotopic (exact) mass is 281 g/mol. The first-order chi connectivity index (χ1) is 8.89. The smallest absolute Gasteiger partial charge is 0.147 e. The van der Waals surface area contributed by atoms with Crippen LogP contribution in [0.1, 0.15) is 25.8 Å². The van der Waals surface area contributed by atoms with Crippen molar-refractivity contribution < 1.29 is 4.39 Å². The molecule has 0 aliphatic carbocycles. The van der Waals surface area contributed by atoms with Crippen LogP contribution in [0.4, 0.5) is 10.1 Å². The summed E-state index contributed by atoms with van der Waals surface area (Å²) in [6, 6.07) is 4.79. The van der Waals surface area contributed by atoms with Gasteiger partial charge >= 0.3 is 0 Å². The van der Waals surface area contributed by atoms with Crippen LogP contribution >= 0.6 is 11.8 Å². The Labute approximate surface area is 117 Å². The molecule has 0 radical (unpaired) electrons. The Morgan fingerprint density at radius 1 is 1.42 bits per heavy atom. The van der Waals surface area contributed by atoms with Gasteiger partial charge in [0.25, 0.3) is 0 Å². The van der Waals surface area contributed by atoms with E-state index in [-0.39, 0.29) is 16.4 Å². The van der Waals surface area contributed by atoms with E-state index in [4.69, 9.17) is 11.1 Å². The molecule has 0 unspecified atom stereocenters. The Hall–Kier alpha value is -1.23. The molecule has 0 amide bonds. The van der Waals surface area contributed by atoms with Gasteiger partial charge in [0, 0.05) is 29.2 Å². The van der Waals surface area contributed by atoms with Crippen molar-refractivity contribution in [3.63, 3.8) is 0 Å². The zero-order chi connectivity index (χ0) is 14.0. The predicted octanol–water partition coefficient (Wildman–Crippen LogP) is 2.83. The van der Waals surface area contributed by atoms with Crippen LogP contribution in [-0.2, 0) is 0 Å². The second-order valence-electron chi connectivity index (χ2n) is 5.43. The number of nitrogens with zero attached hydrogens (tertiary/aromatic N) is 1. The number of nitrogens with one attached hydrogen (secondary N) is 1. The topological polar surface area (TPSA) is 53.1 Å². The second-order valence-corrected chi connectivity index (χ2v) is 7.23. The van der Waals surface area contributed by atoms with Crippen molar-refractivity contribution in [3.8, 4) is 0 Å². The summed E-state index contributed by atoms with van der Waals surface area (Å²) >= 11 is 1.94. The van der Waals surface area contributed by atoms with Crippen molar-refractivity contribution in [2.45, 2.75) is 25.0 Å². The highest BCUT2D eigenvalue weighted by atomic mass is 32.2. The van der Waals surface area contributed by atoms with Gasteiger partial charge in [0.1, 0.15) is 11.7 Å². The summed E-state index contributed by atoms with van der Waals surface area (Å²) in [7, 11) is 0. The van der Waals surface area contributed by atoms with Crippen molar-refractivity contribution >= 4 is 23.3 Å². The van der Waals surface area contributed by atoms with E-state index in [1.165, 1.54) is 6.07 Å². The van der Waals surface area contributed by atoms with E-state index in [0.717, 1.165) is 25.3 Å². The van der Waals surface area contributed by atoms with Crippen LogP contribution < -0.4 is 10.6 Å². The van der Waals surface area contributed by atoms with Crippen LogP contribution in [0.25, 0.3) is 0 Å². The molecule has 0 atom stereocenters. The van der Waals surface area contributed by atoms with Gasteiger partial charge in [0.05, 0.1) is 5.69 Å². The SMILES string of the molecule is CC1(C)CCN(c2ccc(C(=N)N)cc2F)CCS1. The molecule has 1 aliphatic rings. The number of amidine groups is 1. The van der Waals surface area contributed by atoms with E-state index >= 15 is 0 Å². The lowest BCUT2D eigenvalue weighted by Crippen LogP contribution is -2.28. The number of hydrogen-bond donors (Lipinski definition) is 2. The summed E-state index contributed by atoms with van der Waals surface area (Å²) in [5.74, 6) is 0.608. The highest BCUT2D eigenvalue weighted by Crippen LogP contribution is 2.33. The Bertz CT molecular complexity index is 488. The summed E-state index contributed by atoms with van der Waals surface area (Å²) in [6.07, 6.45) is 1.03. The molecule has 104 valence electrons. The number of nitrogens with two attached hydrogens (primary N) is 1. The molecule has 1 aliphatic heterocycles. The van der Waals surface area contributed by atoms with E-state index in [0.29, 0.717) is 11.3 Å². The van der Waals surface area contributed by atoms with Gasteiger partial charge in [-0.25, -0.2) is 4.39 Å². The average Bonchev–Trinajstić information content (AvgIpc) is 2.50. The summed E-state index contributed by atoms with van der Waals surface area (Å²) in [5.41, 5.74) is 6.42. The first-order valence-electron chi connectivity index (χ1n) is 6.42. The Morgan fingerprint density at radius 3 is 2.79 bits per heavy atom. The number of hydrogen-bond acceptors (Lipinski definition) is 3. The van der Waals surface area contributed by atoms with E-state index in [1.54, 1.807) is 12.1 Å². The molecule has 3 nitrogen and oxygen atoms in total. The van der Waals surface area contributed by atoms with Crippen molar-refractivity contribution in [1.29, 1.82) is 5.41 Å². The van der Waals surface area contributed by atoms with Crippen LogP contribution in [-0.4, -0.2) is 29.4 Å². The highest BCUT2D eigenvalue weighted by molar-refractivity contribution is 8.00. The fraction of sp³-hybridized carbons (Fsp3) is 0.500. The van der Waals surface area contributed by atoms with Crippen LogP contribution in [0.5, 0.6) is 0 Å². The fourth-order valence-corrected chi connectivity index (χ4v) is 3.29. The van der Waals surface area contributed by atoms with E-state index in [1.807, 2.05) is 11.8 Å². The number of nitrogen functional groups attached to an aromatic ring is 1. The number of anilines is 1. The average molecular weight is 281 g/mol. The molecule has 5 heteroatoms. The predicted molar refractivity (Wildman–Crippen MR) is 80.8 cm³/mol. The van der Waals surface area contributed by atoms with Crippen LogP contribution in [0.3, 0.4) is 0 Å². The van der Waals surface area contributed by atoms with Crippen molar-refractivity contribution in [2.75, 3.05) is 23.7 Å². The summed E-state index contributed by atoms with van der Waals surface area (Å²) in [6.45, 7) is 6.17. The zero-order valence-corrected chi connectivity index (χ0v) is 12.2. The molecule has 0 aromatic heterocycles. The van der Waals surface area contributed by atoms with E-state index in [2.05, 4.69) is 18.7 Å². The van der Waals surface area contributed by atoms with Crippen molar-refractivity contribution in [2.24, 2.45) is 5.73 Å². The van der Waals surface area contributed by atoms with Gasteiger partial charge in [0.15, 0.2) is 0 Å². The first-order valence-corrected chi connectivity index (χ1v) is 7.40. The third-order valence-electron chi connectivity index (χ3n) is 3.44. The highest BCUT2D eigenvalue weighted by Gasteiger charge is 2.24. The summed E-state index contributed by atoms with van der Waals surface area (Å²) in [4.78, 5) is 2.08. The van der Waals surface area contributed by atoms with Gasteiger partial charge in [-0.3, -0.25) is 5.41 Å². The lowest BCUT2D eigenvalue weighted by molar-refractivity contribution is 0.602. The lowest BCUT2D eigenvalue weighted by Gasteiger charge is -2.24. The standard InChI is InChI=1S/C14H20FN3S/c1-14(2)5-6-18(7-8-19-14)12-4-3-10(13(16)17)9-11(12)15/h3-4,9H,5-8H2,1-2H3,(H3,16,17). The Morgan fingerprint density at radius 2 is 2.16 bits per heavy atom. The molecular formula is C14H20FN3S.